The van der Waals surface area contributed by atoms with Crippen molar-refractivity contribution in [3.05, 3.63) is 58.6 Å². The molecule has 0 unspecified atom stereocenters. The van der Waals surface area contributed by atoms with E-state index in [0.717, 1.165) is 4.47 Å². The number of amides is 1. The van der Waals surface area contributed by atoms with Crippen molar-refractivity contribution >= 4 is 33.5 Å². The highest BCUT2D eigenvalue weighted by atomic mass is 79.9. The van der Waals surface area contributed by atoms with Gasteiger partial charge in [0.25, 0.3) is 5.91 Å². The minimum absolute atomic E-state index is 0.415. The molecule has 0 aliphatic carbocycles. The highest BCUT2D eigenvalue weighted by molar-refractivity contribution is 9.10. The lowest BCUT2D eigenvalue weighted by Crippen LogP contribution is -2.29. The smallest absolute Gasteiger partial charge is 0.347 e. The van der Waals surface area contributed by atoms with Crippen LogP contribution in [0.3, 0.4) is 0 Å². The zero-order valence-corrected chi connectivity index (χ0v) is 14.9. The first-order valence-corrected chi connectivity index (χ1v) is 8.16. The van der Waals surface area contributed by atoms with Gasteiger partial charge in [-0.15, -0.1) is 0 Å². The summed E-state index contributed by atoms with van der Waals surface area (Å²) in [4.78, 5) is 23.7. The van der Waals surface area contributed by atoms with Crippen molar-refractivity contribution in [1.29, 1.82) is 5.26 Å². The number of halogens is 1. The summed E-state index contributed by atoms with van der Waals surface area (Å²) in [5.74, 6) is -0.682. The van der Waals surface area contributed by atoms with E-state index in [1.54, 1.807) is 42.5 Å². The van der Waals surface area contributed by atoms with E-state index in [-0.39, 0.29) is 0 Å². The number of para-hydroxylation sites is 1. The molecular formula is C18H15BrN2O4. The third-order valence-corrected chi connectivity index (χ3v) is 3.81. The standard InChI is InChI=1S/C18H15BrN2O4/c1-12(25-14-8-6-13(10-20)7-9-14)18(23)24-11-17(22)21-16-5-3-2-4-15(16)19/h2-9,12H,11H2,1H3,(H,21,22)/t12-/m1/s1. The predicted octanol–water partition coefficient (Wildman–Crippen LogP) is 3.27. The molecule has 0 saturated carbocycles. The highest BCUT2D eigenvalue weighted by Crippen LogP contribution is 2.21. The first kappa shape index (κ1) is 18.5. The van der Waals surface area contributed by atoms with E-state index in [9.17, 15) is 9.59 Å². The number of hydrogen-bond donors (Lipinski definition) is 1. The summed E-state index contributed by atoms with van der Waals surface area (Å²) in [6.45, 7) is 1.10. The lowest BCUT2D eigenvalue weighted by atomic mass is 10.2. The van der Waals surface area contributed by atoms with Crippen molar-refractivity contribution < 1.29 is 19.1 Å². The maximum absolute atomic E-state index is 11.9. The molecule has 2 aromatic rings. The molecule has 1 amide bonds. The van der Waals surface area contributed by atoms with Crippen molar-refractivity contribution in [2.75, 3.05) is 11.9 Å². The number of nitrogens with one attached hydrogen (secondary N) is 1. The summed E-state index contributed by atoms with van der Waals surface area (Å²) in [7, 11) is 0. The van der Waals surface area contributed by atoms with E-state index in [0.29, 0.717) is 17.0 Å². The molecule has 0 spiro atoms. The number of hydrogen-bond acceptors (Lipinski definition) is 5. The van der Waals surface area contributed by atoms with Crippen molar-refractivity contribution in [2.45, 2.75) is 13.0 Å². The molecule has 0 saturated heterocycles. The molecule has 0 fully saturated rings. The van der Waals surface area contributed by atoms with Gasteiger partial charge in [-0.3, -0.25) is 4.79 Å². The van der Waals surface area contributed by atoms with Gasteiger partial charge in [0, 0.05) is 4.47 Å². The number of anilines is 1. The number of carbonyl (C=O) groups is 2. The summed E-state index contributed by atoms with van der Waals surface area (Å²) in [5, 5.41) is 11.4. The molecule has 0 aliphatic rings. The van der Waals surface area contributed by atoms with E-state index in [4.69, 9.17) is 14.7 Å². The van der Waals surface area contributed by atoms with Gasteiger partial charge in [0.15, 0.2) is 12.7 Å². The van der Waals surface area contributed by atoms with Gasteiger partial charge in [0.05, 0.1) is 17.3 Å². The van der Waals surface area contributed by atoms with Crippen LogP contribution in [0.15, 0.2) is 53.0 Å². The van der Waals surface area contributed by atoms with Gasteiger partial charge in [0.2, 0.25) is 0 Å². The highest BCUT2D eigenvalue weighted by Gasteiger charge is 2.18. The van der Waals surface area contributed by atoms with Gasteiger partial charge < -0.3 is 14.8 Å². The molecule has 0 bridgehead atoms. The Hall–Kier alpha value is -2.85. The topological polar surface area (TPSA) is 88.4 Å². The average Bonchev–Trinajstić information content (AvgIpc) is 2.62. The molecule has 6 nitrogen and oxygen atoms in total. The van der Waals surface area contributed by atoms with Crippen molar-refractivity contribution in [3.63, 3.8) is 0 Å². The summed E-state index contributed by atoms with van der Waals surface area (Å²) in [6.07, 6.45) is -0.885. The SMILES string of the molecule is C[C@@H](Oc1ccc(C#N)cc1)C(=O)OCC(=O)Nc1ccccc1Br. The minimum atomic E-state index is -0.885. The van der Waals surface area contributed by atoms with E-state index in [1.807, 2.05) is 12.1 Å². The molecule has 1 N–H and O–H groups in total. The molecule has 0 radical (unpaired) electrons. The van der Waals surface area contributed by atoms with Crippen molar-refractivity contribution in [2.24, 2.45) is 0 Å². The Morgan fingerprint density at radius 1 is 1.20 bits per heavy atom. The molecule has 1 atom stereocenters. The summed E-state index contributed by atoms with van der Waals surface area (Å²) < 4.78 is 11.1. The van der Waals surface area contributed by atoms with Gasteiger partial charge in [-0.25, -0.2) is 4.79 Å². The van der Waals surface area contributed by atoms with Crippen LogP contribution in [0.1, 0.15) is 12.5 Å². The Morgan fingerprint density at radius 3 is 2.52 bits per heavy atom. The number of esters is 1. The number of nitrogens with zero attached hydrogens (tertiary/aromatic N) is 1. The Kier molecular flexibility index (Phi) is 6.54. The van der Waals surface area contributed by atoms with Crippen molar-refractivity contribution in [1.82, 2.24) is 0 Å². The summed E-state index contributed by atoms with van der Waals surface area (Å²) in [6, 6.07) is 15.4. The minimum Gasteiger partial charge on any atom is -0.479 e. The van der Waals surface area contributed by atoms with Crippen LogP contribution < -0.4 is 10.1 Å². The molecular weight excluding hydrogens is 388 g/mol. The van der Waals surface area contributed by atoms with Gasteiger partial charge >= 0.3 is 5.97 Å². The van der Waals surface area contributed by atoms with E-state index < -0.39 is 24.6 Å². The second-order valence-electron chi connectivity index (χ2n) is 5.03. The van der Waals surface area contributed by atoms with Crippen LogP contribution in [-0.4, -0.2) is 24.6 Å². The lowest BCUT2D eigenvalue weighted by molar-refractivity contribution is -0.153. The second-order valence-corrected chi connectivity index (χ2v) is 5.89. The monoisotopic (exact) mass is 402 g/mol. The first-order valence-electron chi connectivity index (χ1n) is 7.37. The van der Waals surface area contributed by atoms with Crippen LogP contribution in [0.2, 0.25) is 0 Å². The average molecular weight is 403 g/mol. The first-order chi connectivity index (χ1) is 12.0. The lowest BCUT2D eigenvalue weighted by Gasteiger charge is -2.14. The molecule has 2 rings (SSSR count). The summed E-state index contributed by atoms with van der Waals surface area (Å²) >= 11 is 3.31. The van der Waals surface area contributed by atoms with E-state index in [1.165, 1.54) is 6.92 Å². The van der Waals surface area contributed by atoms with Crippen molar-refractivity contribution in [3.8, 4) is 11.8 Å². The number of benzene rings is 2. The van der Waals surface area contributed by atoms with Gasteiger partial charge in [-0.1, -0.05) is 12.1 Å². The number of nitriles is 1. The third-order valence-electron chi connectivity index (χ3n) is 3.12. The van der Waals surface area contributed by atoms with Crippen LogP contribution in [0, 0.1) is 11.3 Å². The van der Waals surface area contributed by atoms with E-state index in [2.05, 4.69) is 21.2 Å². The molecule has 128 valence electrons. The van der Waals surface area contributed by atoms with E-state index >= 15 is 0 Å². The molecule has 0 heterocycles. The fourth-order valence-corrected chi connectivity index (χ4v) is 2.25. The number of rotatable bonds is 6. The maximum atomic E-state index is 11.9. The second kappa shape index (κ2) is 8.85. The normalized spacial score (nSPS) is 11.1. The molecule has 0 aromatic heterocycles. The third kappa shape index (κ3) is 5.62. The van der Waals surface area contributed by atoms with Crippen LogP contribution in [-0.2, 0) is 14.3 Å². The predicted molar refractivity (Wildman–Crippen MR) is 95.0 cm³/mol. The van der Waals surface area contributed by atoms with Crippen LogP contribution in [0.5, 0.6) is 5.75 Å². The van der Waals surface area contributed by atoms with Crippen LogP contribution in [0.25, 0.3) is 0 Å². The van der Waals surface area contributed by atoms with Crippen LogP contribution >= 0.6 is 15.9 Å². The zero-order chi connectivity index (χ0) is 18.2. The fourth-order valence-electron chi connectivity index (χ4n) is 1.86. The van der Waals surface area contributed by atoms with Crippen LogP contribution in [0.4, 0.5) is 5.69 Å². The summed E-state index contributed by atoms with van der Waals surface area (Å²) in [5.41, 5.74) is 1.08. The number of ether oxygens (including phenoxy) is 2. The number of carbonyl (C=O) groups excluding carboxylic acids is 2. The Bertz CT molecular complexity index is 799. The largest absolute Gasteiger partial charge is 0.479 e. The zero-order valence-electron chi connectivity index (χ0n) is 13.4. The fraction of sp³-hybridized carbons (Fsp3) is 0.167. The molecule has 25 heavy (non-hydrogen) atoms. The Labute approximate surface area is 153 Å². The van der Waals surface area contributed by atoms with Gasteiger partial charge in [0.1, 0.15) is 5.75 Å². The Morgan fingerprint density at radius 2 is 1.88 bits per heavy atom. The molecule has 2 aromatic carbocycles. The Balaban J connectivity index is 1.81. The maximum Gasteiger partial charge on any atom is 0.347 e. The molecule has 0 aliphatic heterocycles. The van der Waals surface area contributed by atoms with Gasteiger partial charge in [-0.05, 0) is 59.3 Å². The quantitative estimate of drug-likeness (QED) is 0.748. The molecule has 7 heteroatoms. The van der Waals surface area contributed by atoms with Gasteiger partial charge in [-0.2, -0.15) is 5.26 Å².